The standard InChI is InChI=1S/C11H20N4S/c1-4-9-13-10(15-12)7-11(14-9)16-6-5-8(2)3/h7-8H,4-6,12H2,1-3H3,(H,13,14,15). The summed E-state index contributed by atoms with van der Waals surface area (Å²) >= 11 is 1.76. The second kappa shape index (κ2) is 6.70. The first kappa shape index (κ1) is 13.3. The maximum absolute atomic E-state index is 5.37. The van der Waals surface area contributed by atoms with Crippen molar-refractivity contribution in [1.82, 2.24) is 9.97 Å². The monoisotopic (exact) mass is 240 g/mol. The summed E-state index contributed by atoms with van der Waals surface area (Å²) in [6, 6.07) is 1.89. The quantitative estimate of drug-likeness (QED) is 0.346. The maximum atomic E-state index is 5.37. The Labute approximate surface area is 101 Å². The number of hydrazine groups is 1. The molecule has 0 unspecified atom stereocenters. The SMILES string of the molecule is CCc1nc(NN)cc(SCCC(C)C)n1. The molecular weight excluding hydrogens is 220 g/mol. The number of anilines is 1. The Bertz CT molecular complexity index is 306. The number of thioether (sulfide) groups is 1. The number of rotatable bonds is 6. The number of aromatic nitrogens is 2. The number of nitrogens with one attached hydrogen (secondary N) is 1. The van der Waals surface area contributed by atoms with Crippen LogP contribution in [0.1, 0.15) is 33.0 Å². The molecule has 0 saturated carbocycles. The highest BCUT2D eigenvalue weighted by atomic mass is 32.2. The first-order valence-corrected chi connectivity index (χ1v) is 6.61. The highest BCUT2D eigenvalue weighted by Crippen LogP contribution is 2.20. The fraction of sp³-hybridized carbons (Fsp3) is 0.636. The van der Waals surface area contributed by atoms with Crippen LogP contribution in [0.2, 0.25) is 0 Å². The van der Waals surface area contributed by atoms with Crippen LogP contribution in [0.15, 0.2) is 11.1 Å². The number of hydrogen-bond acceptors (Lipinski definition) is 5. The Morgan fingerprint density at radius 2 is 2.19 bits per heavy atom. The molecule has 3 N–H and O–H groups in total. The van der Waals surface area contributed by atoms with Gasteiger partial charge in [-0.25, -0.2) is 15.8 Å². The van der Waals surface area contributed by atoms with Crippen LogP contribution >= 0.6 is 11.8 Å². The molecular formula is C11H20N4S. The minimum Gasteiger partial charge on any atom is -0.308 e. The van der Waals surface area contributed by atoms with Gasteiger partial charge < -0.3 is 5.43 Å². The molecule has 0 bridgehead atoms. The highest BCUT2D eigenvalue weighted by Gasteiger charge is 2.03. The van der Waals surface area contributed by atoms with Gasteiger partial charge in [0.1, 0.15) is 16.7 Å². The molecule has 5 heteroatoms. The Morgan fingerprint density at radius 1 is 1.44 bits per heavy atom. The first-order chi connectivity index (χ1) is 7.65. The van der Waals surface area contributed by atoms with E-state index in [9.17, 15) is 0 Å². The Morgan fingerprint density at radius 3 is 2.75 bits per heavy atom. The van der Waals surface area contributed by atoms with E-state index in [-0.39, 0.29) is 0 Å². The first-order valence-electron chi connectivity index (χ1n) is 5.63. The summed E-state index contributed by atoms with van der Waals surface area (Å²) in [4.78, 5) is 8.71. The summed E-state index contributed by atoms with van der Waals surface area (Å²) < 4.78 is 0. The number of aryl methyl sites for hydroxylation is 1. The van der Waals surface area contributed by atoms with Crippen molar-refractivity contribution in [2.45, 2.75) is 38.6 Å². The lowest BCUT2D eigenvalue weighted by molar-refractivity contribution is 0.632. The molecule has 0 radical (unpaired) electrons. The topological polar surface area (TPSA) is 63.8 Å². The van der Waals surface area contributed by atoms with Crippen molar-refractivity contribution < 1.29 is 0 Å². The van der Waals surface area contributed by atoms with E-state index in [0.29, 0.717) is 5.82 Å². The zero-order valence-electron chi connectivity index (χ0n) is 10.2. The van der Waals surface area contributed by atoms with Crippen molar-refractivity contribution >= 4 is 17.6 Å². The predicted molar refractivity (Wildman–Crippen MR) is 69.4 cm³/mol. The molecule has 0 aliphatic heterocycles. The average Bonchev–Trinajstić information content (AvgIpc) is 2.28. The minimum atomic E-state index is 0.693. The second-order valence-corrected chi connectivity index (χ2v) is 5.15. The molecule has 0 atom stereocenters. The van der Waals surface area contributed by atoms with Gasteiger partial charge in [-0.05, 0) is 18.1 Å². The van der Waals surface area contributed by atoms with Gasteiger partial charge in [0.15, 0.2) is 0 Å². The molecule has 4 nitrogen and oxygen atoms in total. The van der Waals surface area contributed by atoms with Crippen LogP contribution in [0, 0.1) is 5.92 Å². The molecule has 1 heterocycles. The van der Waals surface area contributed by atoms with Gasteiger partial charge in [-0.2, -0.15) is 0 Å². The van der Waals surface area contributed by atoms with Crippen LogP contribution in [-0.2, 0) is 6.42 Å². The molecule has 90 valence electrons. The Balaban J connectivity index is 2.64. The van der Waals surface area contributed by atoms with E-state index in [0.717, 1.165) is 28.9 Å². The van der Waals surface area contributed by atoms with E-state index >= 15 is 0 Å². The number of nitrogen functional groups attached to an aromatic ring is 1. The van der Waals surface area contributed by atoms with Gasteiger partial charge >= 0.3 is 0 Å². The summed E-state index contributed by atoms with van der Waals surface area (Å²) in [5, 5.41) is 1.00. The fourth-order valence-corrected chi connectivity index (χ4v) is 2.34. The zero-order valence-corrected chi connectivity index (χ0v) is 11.0. The van der Waals surface area contributed by atoms with Crippen molar-refractivity contribution in [1.29, 1.82) is 0 Å². The normalized spacial score (nSPS) is 10.8. The zero-order chi connectivity index (χ0) is 12.0. The molecule has 0 saturated heterocycles. The van der Waals surface area contributed by atoms with E-state index in [4.69, 9.17) is 5.84 Å². The van der Waals surface area contributed by atoms with E-state index < -0.39 is 0 Å². The third-order valence-electron chi connectivity index (χ3n) is 2.16. The van der Waals surface area contributed by atoms with Crippen molar-refractivity contribution in [2.75, 3.05) is 11.2 Å². The smallest absolute Gasteiger partial charge is 0.144 e. The van der Waals surface area contributed by atoms with Gasteiger partial charge in [0.05, 0.1) is 0 Å². The molecule has 1 aromatic rings. The third-order valence-corrected chi connectivity index (χ3v) is 3.10. The van der Waals surface area contributed by atoms with Crippen LogP contribution in [0.4, 0.5) is 5.82 Å². The lowest BCUT2D eigenvalue weighted by atomic mass is 10.2. The maximum Gasteiger partial charge on any atom is 0.144 e. The van der Waals surface area contributed by atoms with Crippen molar-refractivity contribution in [3.63, 3.8) is 0 Å². The summed E-state index contributed by atoms with van der Waals surface area (Å²) in [6.07, 6.45) is 2.02. The molecule has 1 aromatic heterocycles. The molecule has 0 spiro atoms. The molecule has 16 heavy (non-hydrogen) atoms. The summed E-state index contributed by atoms with van der Waals surface area (Å²) in [5.41, 5.74) is 2.58. The van der Waals surface area contributed by atoms with Gasteiger partial charge in [0.25, 0.3) is 0 Å². The Kier molecular flexibility index (Phi) is 5.55. The highest BCUT2D eigenvalue weighted by molar-refractivity contribution is 7.99. The molecule has 0 aliphatic carbocycles. The number of nitrogens with zero attached hydrogens (tertiary/aromatic N) is 2. The number of nitrogens with two attached hydrogens (primary N) is 1. The van der Waals surface area contributed by atoms with Gasteiger partial charge in [0, 0.05) is 12.5 Å². The lowest BCUT2D eigenvalue weighted by Gasteiger charge is -2.07. The third kappa shape index (κ3) is 4.37. The van der Waals surface area contributed by atoms with E-state index in [2.05, 4.69) is 29.2 Å². The molecule has 0 fully saturated rings. The van der Waals surface area contributed by atoms with Crippen LogP contribution < -0.4 is 11.3 Å². The van der Waals surface area contributed by atoms with Gasteiger partial charge in [0.2, 0.25) is 0 Å². The van der Waals surface area contributed by atoms with Crippen molar-refractivity contribution in [3.8, 4) is 0 Å². The largest absolute Gasteiger partial charge is 0.308 e. The second-order valence-electron chi connectivity index (χ2n) is 4.04. The van der Waals surface area contributed by atoms with Crippen LogP contribution in [0.25, 0.3) is 0 Å². The Hall–Kier alpha value is -0.810. The van der Waals surface area contributed by atoms with Gasteiger partial charge in [-0.15, -0.1) is 11.8 Å². The fourth-order valence-electron chi connectivity index (χ4n) is 1.18. The van der Waals surface area contributed by atoms with Crippen LogP contribution in [0.3, 0.4) is 0 Å². The summed E-state index contributed by atoms with van der Waals surface area (Å²) in [7, 11) is 0. The molecule has 0 aliphatic rings. The number of hydrogen-bond donors (Lipinski definition) is 2. The van der Waals surface area contributed by atoms with E-state index in [1.807, 2.05) is 13.0 Å². The average molecular weight is 240 g/mol. The minimum absolute atomic E-state index is 0.693. The molecule has 0 amide bonds. The van der Waals surface area contributed by atoms with Crippen LogP contribution in [0.5, 0.6) is 0 Å². The van der Waals surface area contributed by atoms with Crippen molar-refractivity contribution in [3.05, 3.63) is 11.9 Å². The van der Waals surface area contributed by atoms with Crippen LogP contribution in [-0.4, -0.2) is 15.7 Å². The molecule has 1 rings (SSSR count). The van der Waals surface area contributed by atoms with Gasteiger partial charge in [-0.1, -0.05) is 20.8 Å². The lowest BCUT2D eigenvalue weighted by Crippen LogP contribution is -2.10. The van der Waals surface area contributed by atoms with Gasteiger partial charge in [-0.3, -0.25) is 0 Å². The predicted octanol–water partition coefficient (Wildman–Crippen LogP) is 2.46. The van der Waals surface area contributed by atoms with E-state index in [1.165, 1.54) is 6.42 Å². The van der Waals surface area contributed by atoms with Crippen molar-refractivity contribution in [2.24, 2.45) is 11.8 Å². The molecule has 0 aromatic carbocycles. The van der Waals surface area contributed by atoms with E-state index in [1.54, 1.807) is 11.8 Å². The summed E-state index contributed by atoms with van der Waals surface area (Å²) in [6.45, 7) is 6.49. The summed E-state index contributed by atoms with van der Waals surface area (Å²) in [5.74, 6) is 8.71.